The predicted octanol–water partition coefficient (Wildman–Crippen LogP) is 4.31. The van der Waals surface area contributed by atoms with Crippen LogP contribution in [0, 0.1) is 11.8 Å². The van der Waals surface area contributed by atoms with Gasteiger partial charge in [0.05, 0.1) is 0 Å². The Morgan fingerprint density at radius 2 is 1.83 bits per heavy atom. The highest BCUT2D eigenvalue weighted by Gasteiger charge is 2.24. The Labute approximate surface area is 113 Å². The molecule has 18 heavy (non-hydrogen) atoms. The zero-order valence-corrected chi connectivity index (χ0v) is 13.1. The van der Waals surface area contributed by atoms with Gasteiger partial charge in [0, 0.05) is 11.1 Å². The monoisotopic (exact) mass is 253 g/mol. The lowest BCUT2D eigenvalue weighted by molar-refractivity contribution is -0.119. The van der Waals surface area contributed by atoms with E-state index in [2.05, 4.69) is 46.5 Å². The molecule has 0 aromatic carbocycles. The molecule has 0 aliphatic rings. The van der Waals surface area contributed by atoms with E-state index in [1.54, 1.807) is 6.92 Å². The average molecular weight is 253 g/mol. The van der Waals surface area contributed by atoms with Crippen molar-refractivity contribution in [3.8, 4) is 0 Å². The number of nitrogens with one attached hydrogen (secondary N) is 1. The van der Waals surface area contributed by atoms with Gasteiger partial charge in [-0.3, -0.25) is 4.79 Å². The minimum Gasteiger partial charge on any atom is -0.347 e. The van der Waals surface area contributed by atoms with E-state index in [-0.39, 0.29) is 11.4 Å². The normalized spacial score (nSPS) is 15.0. The number of carbonyl (C=O) groups excluding carboxylic acids is 1. The topological polar surface area (TPSA) is 29.1 Å². The van der Waals surface area contributed by atoms with E-state index >= 15 is 0 Å². The Balaban J connectivity index is 4.22. The summed E-state index contributed by atoms with van der Waals surface area (Å²) in [5, 5.41) is 3.05. The van der Waals surface area contributed by atoms with Crippen molar-refractivity contribution < 1.29 is 4.79 Å². The fourth-order valence-corrected chi connectivity index (χ4v) is 2.72. The quantitative estimate of drug-likeness (QED) is 0.642. The number of hydrogen-bond acceptors (Lipinski definition) is 1. The molecule has 0 fully saturated rings. The van der Waals surface area contributed by atoms with Crippen molar-refractivity contribution in [2.75, 3.05) is 0 Å². The molecule has 1 amide bonds. The first-order chi connectivity index (χ1) is 8.18. The average Bonchev–Trinajstić information content (AvgIpc) is 2.14. The van der Waals surface area contributed by atoms with Crippen LogP contribution in [0.4, 0.5) is 0 Å². The minimum atomic E-state index is -0.151. The van der Waals surface area contributed by atoms with E-state index < -0.39 is 0 Å². The molecule has 0 spiro atoms. The van der Waals surface area contributed by atoms with Gasteiger partial charge >= 0.3 is 0 Å². The third kappa shape index (κ3) is 7.52. The van der Waals surface area contributed by atoms with Crippen molar-refractivity contribution in [2.24, 2.45) is 11.8 Å². The van der Waals surface area contributed by atoms with Crippen LogP contribution in [0.2, 0.25) is 0 Å². The summed E-state index contributed by atoms with van der Waals surface area (Å²) < 4.78 is 0. The number of amides is 1. The molecule has 0 heterocycles. The Bertz CT molecular complexity index is 281. The van der Waals surface area contributed by atoms with Gasteiger partial charge in [0.1, 0.15) is 0 Å². The first kappa shape index (κ1) is 17.2. The molecule has 0 aromatic rings. The summed E-state index contributed by atoms with van der Waals surface area (Å²) in [6.07, 6.45) is 4.80. The smallest absolute Gasteiger partial charge is 0.246 e. The Kier molecular flexibility index (Phi) is 7.27. The third-order valence-corrected chi connectivity index (χ3v) is 3.28. The summed E-state index contributed by atoms with van der Waals surface area (Å²) in [6.45, 7) is 16.4. The second kappa shape index (κ2) is 7.60. The molecular weight excluding hydrogens is 222 g/mol. The second-order valence-electron chi connectivity index (χ2n) is 6.56. The van der Waals surface area contributed by atoms with Crippen LogP contribution in [-0.2, 0) is 4.79 Å². The maximum absolute atomic E-state index is 11.7. The zero-order chi connectivity index (χ0) is 14.3. The van der Waals surface area contributed by atoms with Crippen LogP contribution >= 0.6 is 0 Å². The van der Waals surface area contributed by atoms with Crippen LogP contribution in [0.5, 0.6) is 0 Å². The lowest BCUT2D eigenvalue weighted by atomic mass is 9.85. The van der Waals surface area contributed by atoms with Gasteiger partial charge < -0.3 is 5.32 Å². The van der Waals surface area contributed by atoms with Gasteiger partial charge in [0.15, 0.2) is 0 Å². The van der Waals surface area contributed by atoms with Crippen LogP contribution in [0.25, 0.3) is 0 Å². The van der Waals surface area contributed by atoms with Crippen molar-refractivity contribution in [3.05, 3.63) is 12.2 Å². The highest BCUT2D eigenvalue weighted by atomic mass is 16.1. The lowest BCUT2D eigenvalue weighted by Crippen LogP contribution is -2.44. The van der Waals surface area contributed by atoms with Crippen molar-refractivity contribution in [1.82, 2.24) is 5.32 Å². The van der Waals surface area contributed by atoms with E-state index in [0.29, 0.717) is 11.5 Å². The van der Waals surface area contributed by atoms with Crippen molar-refractivity contribution in [1.29, 1.82) is 0 Å². The van der Waals surface area contributed by atoms with Crippen LogP contribution in [0.15, 0.2) is 12.2 Å². The van der Waals surface area contributed by atoms with E-state index in [0.717, 1.165) is 12.3 Å². The van der Waals surface area contributed by atoms with Gasteiger partial charge in [-0.05, 0) is 45.4 Å². The molecule has 0 aromatic heterocycles. The standard InChI is InChI=1S/C16H31NO/c1-8-9-13(4)10-14(5)11-16(6,7)17-15(18)12(2)3/h13-14H,2,8-11H2,1,3-7H3,(H,17,18). The molecule has 0 rings (SSSR count). The molecule has 2 atom stereocenters. The predicted molar refractivity (Wildman–Crippen MR) is 79.5 cm³/mol. The van der Waals surface area contributed by atoms with Gasteiger partial charge in [0.2, 0.25) is 5.91 Å². The van der Waals surface area contributed by atoms with Crippen molar-refractivity contribution >= 4 is 5.91 Å². The van der Waals surface area contributed by atoms with Gasteiger partial charge in [-0.15, -0.1) is 0 Å². The summed E-state index contributed by atoms with van der Waals surface area (Å²) in [6, 6.07) is 0. The largest absolute Gasteiger partial charge is 0.347 e. The molecule has 0 bridgehead atoms. The maximum atomic E-state index is 11.7. The van der Waals surface area contributed by atoms with E-state index in [9.17, 15) is 4.79 Å². The van der Waals surface area contributed by atoms with E-state index in [4.69, 9.17) is 0 Å². The van der Waals surface area contributed by atoms with Crippen LogP contribution in [0.1, 0.15) is 67.2 Å². The highest BCUT2D eigenvalue weighted by molar-refractivity contribution is 5.92. The molecule has 106 valence electrons. The maximum Gasteiger partial charge on any atom is 0.246 e. The summed E-state index contributed by atoms with van der Waals surface area (Å²) in [7, 11) is 0. The molecule has 2 nitrogen and oxygen atoms in total. The summed E-state index contributed by atoms with van der Waals surface area (Å²) >= 11 is 0. The fourth-order valence-electron chi connectivity index (χ4n) is 2.72. The van der Waals surface area contributed by atoms with Gasteiger partial charge in [-0.25, -0.2) is 0 Å². The van der Waals surface area contributed by atoms with E-state index in [1.165, 1.54) is 19.3 Å². The third-order valence-electron chi connectivity index (χ3n) is 3.28. The summed E-state index contributed by atoms with van der Waals surface area (Å²) in [5.74, 6) is 1.37. The number of rotatable bonds is 8. The van der Waals surface area contributed by atoms with Crippen molar-refractivity contribution in [2.45, 2.75) is 72.8 Å². The van der Waals surface area contributed by atoms with Gasteiger partial charge in [-0.1, -0.05) is 40.2 Å². The molecule has 0 saturated carbocycles. The Morgan fingerprint density at radius 3 is 2.28 bits per heavy atom. The molecule has 0 radical (unpaired) electrons. The highest BCUT2D eigenvalue weighted by Crippen LogP contribution is 2.24. The van der Waals surface area contributed by atoms with Crippen LogP contribution in [0.3, 0.4) is 0 Å². The zero-order valence-electron chi connectivity index (χ0n) is 13.1. The molecule has 0 aliphatic heterocycles. The second-order valence-corrected chi connectivity index (χ2v) is 6.56. The number of carbonyl (C=O) groups is 1. The SMILES string of the molecule is C=C(C)C(=O)NC(C)(C)CC(C)CC(C)CCC. The Morgan fingerprint density at radius 1 is 1.28 bits per heavy atom. The summed E-state index contributed by atoms with van der Waals surface area (Å²) in [4.78, 5) is 11.7. The lowest BCUT2D eigenvalue weighted by Gasteiger charge is -2.30. The molecule has 2 heteroatoms. The molecular formula is C16H31NO. The first-order valence-electron chi connectivity index (χ1n) is 7.16. The molecule has 0 saturated heterocycles. The fraction of sp³-hybridized carbons (Fsp3) is 0.812. The Hall–Kier alpha value is -0.790. The molecule has 1 N–H and O–H groups in total. The molecule has 0 aliphatic carbocycles. The van der Waals surface area contributed by atoms with Crippen LogP contribution < -0.4 is 5.32 Å². The summed E-state index contributed by atoms with van der Waals surface area (Å²) in [5.41, 5.74) is 0.427. The minimum absolute atomic E-state index is 0.0335. The number of hydrogen-bond donors (Lipinski definition) is 1. The first-order valence-corrected chi connectivity index (χ1v) is 7.16. The van der Waals surface area contributed by atoms with Gasteiger partial charge in [0.25, 0.3) is 0 Å². The van der Waals surface area contributed by atoms with Crippen molar-refractivity contribution in [3.63, 3.8) is 0 Å². The van der Waals surface area contributed by atoms with E-state index in [1.807, 2.05) is 0 Å². The molecule has 2 unspecified atom stereocenters. The van der Waals surface area contributed by atoms with Crippen LogP contribution in [-0.4, -0.2) is 11.4 Å². The van der Waals surface area contributed by atoms with Gasteiger partial charge in [-0.2, -0.15) is 0 Å².